The SMILES string of the molecule is Cc1ccccc1NC(=O)CS(=O)(=O)CCC#N. The summed E-state index contributed by atoms with van der Waals surface area (Å²) in [6, 6.07) is 8.85. The summed E-state index contributed by atoms with van der Waals surface area (Å²) in [4.78, 5) is 11.6. The molecule has 0 saturated carbocycles. The number of aryl methyl sites for hydroxylation is 1. The smallest absolute Gasteiger partial charge is 0.239 e. The number of para-hydroxylation sites is 1. The van der Waals surface area contributed by atoms with Crippen LogP contribution in [-0.4, -0.2) is 25.8 Å². The van der Waals surface area contributed by atoms with Crippen LogP contribution in [0.2, 0.25) is 0 Å². The number of carbonyl (C=O) groups excluding carboxylic acids is 1. The third-order valence-electron chi connectivity index (χ3n) is 2.30. The van der Waals surface area contributed by atoms with Crippen LogP contribution in [0.15, 0.2) is 24.3 Å². The maximum absolute atomic E-state index is 11.6. The molecule has 1 amide bonds. The summed E-state index contributed by atoms with van der Waals surface area (Å²) < 4.78 is 22.9. The van der Waals surface area contributed by atoms with E-state index < -0.39 is 21.5 Å². The quantitative estimate of drug-likeness (QED) is 0.869. The molecule has 0 unspecified atom stereocenters. The van der Waals surface area contributed by atoms with Gasteiger partial charge in [0.15, 0.2) is 9.84 Å². The average Bonchev–Trinajstić information content (AvgIpc) is 2.29. The molecule has 96 valence electrons. The molecule has 5 nitrogen and oxygen atoms in total. The predicted molar refractivity (Wildman–Crippen MR) is 68.7 cm³/mol. The zero-order valence-corrected chi connectivity index (χ0v) is 10.8. The molecule has 0 aliphatic rings. The molecule has 0 aromatic heterocycles. The Morgan fingerprint density at radius 1 is 1.39 bits per heavy atom. The molecule has 0 radical (unpaired) electrons. The number of nitriles is 1. The molecule has 6 heteroatoms. The van der Waals surface area contributed by atoms with Crippen molar-refractivity contribution < 1.29 is 13.2 Å². The molecule has 0 aliphatic heterocycles. The van der Waals surface area contributed by atoms with Crippen molar-refractivity contribution in [3.8, 4) is 6.07 Å². The van der Waals surface area contributed by atoms with Crippen LogP contribution in [0.25, 0.3) is 0 Å². The highest BCUT2D eigenvalue weighted by molar-refractivity contribution is 7.92. The lowest BCUT2D eigenvalue weighted by molar-refractivity contribution is -0.113. The van der Waals surface area contributed by atoms with Crippen LogP contribution < -0.4 is 5.32 Å². The van der Waals surface area contributed by atoms with Crippen LogP contribution in [0, 0.1) is 18.3 Å². The van der Waals surface area contributed by atoms with Gasteiger partial charge in [-0.3, -0.25) is 4.79 Å². The lowest BCUT2D eigenvalue weighted by atomic mass is 10.2. The maximum atomic E-state index is 11.6. The highest BCUT2D eigenvalue weighted by Crippen LogP contribution is 2.13. The second kappa shape index (κ2) is 6.17. The second-order valence-corrected chi connectivity index (χ2v) is 6.05. The summed E-state index contributed by atoms with van der Waals surface area (Å²) in [6.45, 7) is 1.82. The lowest BCUT2D eigenvalue weighted by Gasteiger charge is -2.07. The molecule has 0 bridgehead atoms. The van der Waals surface area contributed by atoms with Gasteiger partial charge in [0.25, 0.3) is 0 Å². The Balaban J connectivity index is 2.63. The number of hydrogen-bond acceptors (Lipinski definition) is 4. The number of nitrogens with zero attached hydrogens (tertiary/aromatic N) is 1. The second-order valence-electron chi connectivity index (χ2n) is 3.86. The van der Waals surface area contributed by atoms with Gasteiger partial charge in [0, 0.05) is 12.1 Å². The Morgan fingerprint density at radius 3 is 2.67 bits per heavy atom. The molecular weight excluding hydrogens is 252 g/mol. The van der Waals surface area contributed by atoms with Gasteiger partial charge in [-0.15, -0.1) is 0 Å². The van der Waals surface area contributed by atoms with E-state index in [2.05, 4.69) is 5.32 Å². The molecule has 0 spiro atoms. The fourth-order valence-corrected chi connectivity index (χ4v) is 2.39. The van der Waals surface area contributed by atoms with Gasteiger partial charge in [-0.25, -0.2) is 8.42 Å². The van der Waals surface area contributed by atoms with Crippen LogP contribution in [0.3, 0.4) is 0 Å². The van der Waals surface area contributed by atoms with E-state index in [1.807, 2.05) is 19.1 Å². The van der Waals surface area contributed by atoms with Crippen LogP contribution in [-0.2, 0) is 14.6 Å². The molecule has 1 aromatic carbocycles. The molecule has 18 heavy (non-hydrogen) atoms. The fourth-order valence-electron chi connectivity index (χ4n) is 1.37. The summed E-state index contributed by atoms with van der Waals surface area (Å²) in [6.07, 6.45) is -0.0972. The zero-order chi connectivity index (χ0) is 13.6. The Hall–Kier alpha value is -1.87. The number of nitrogens with one attached hydrogen (secondary N) is 1. The molecule has 0 fully saturated rings. The van der Waals surface area contributed by atoms with Gasteiger partial charge in [0.1, 0.15) is 5.75 Å². The van der Waals surface area contributed by atoms with E-state index in [1.165, 1.54) is 0 Å². The van der Waals surface area contributed by atoms with Crippen molar-refractivity contribution in [1.82, 2.24) is 0 Å². The number of sulfone groups is 1. The number of benzene rings is 1. The molecular formula is C12H14N2O3S. The number of hydrogen-bond donors (Lipinski definition) is 1. The van der Waals surface area contributed by atoms with Gasteiger partial charge in [0.05, 0.1) is 11.8 Å². The van der Waals surface area contributed by atoms with Crippen molar-refractivity contribution in [2.24, 2.45) is 0 Å². The number of anilines is 1. The minimum atomic E-state index is -3.51. The maximum Gasteiger partial charge on any atom is 0.239 e. The van der Waals surface area contributed by atoms with E-state index in [1.54, 1.807) is 18.2 Å². The van der Waals surface area contributed by atoms with E-state index >= 15 is 0 Å². The van der Waals surface area contributed by atoms with E-state index in [-0.39, 0.29) is 12.2 Å². The third kappa shape index (κ3) is 4.55. The van der Waals surface area contributed by atoms with Gasteiger partial charge in [-0.2, -0.15) is 5.26 Å². The minimum Gasteiger partial charge on any atom is -0.325 e. The molecule has 1 rings (SSSR count). The lowest BCUT2D eigenvalue weighted by Crippen LogP contribution is -2.24. The monoisotopic (exact) mass is 266 g/mol. The Labute approximate surface area is 106 Å². The molecule has 0 aliphatic carbocycles. The van der Waals surface area contributed by atoms with Crippen LogP contribution in [0.5, 0.6) is 0 Å². The summed E-state index contributed by atoms with van der Waals surface area (Å²) in [5.41, 5.74) is 1.46. The van der Waals surface area contributed by atoms with Crippen molar-refractivity contribution in [1.29, 1.82) is 5.26 Å². The average molecular weight is 266 g/mol. The van der Waals surface area contributed by atoms with Gasteiger partial charge in [-0.05, 0) is 18.6 Å². The van der Waals surface area contributed by atoms with E-state index in [0.29, 0.717) is 5.69 Å². The molecule has 0 heterocycles. The third-order valence-corrected chi connectivity index (χ3v) is 3.82. The van der Waals surface area contributed by atoms with Gasteiger partial charge >= 0.3 is 0 Å². The standard InChI is InChI=1S/C12H14N2O3S/c1-10-5-2-3-6-11(10)14-12(15)9-18(16,17)8-4-7-13/h2-3,5-6H,4,8-9H2,1H3,(H,14,15). The Bertz CT molecular complexity index is 573. The van der Waals surface area contributed by atoms with Crippen LogP contribution in [0.1, 0.15) is 12.0 Å². The van der Waals surface area contributed by atoms with Crippen molar-refractivity contribution in [3.63, 3.8) is 0 Å². The molecule has 0 atom stereocenters. The number of carbonyl (C=O) groups is 1. The zero-order valence-electron chi connectivity index (χ0n) is 10.0. The van der Waals surface area contributed by atoms with Gasteiger partial charge in [-0.1, -0.05) is 18.2 Å². The summed E-state index contributed by atoms with van der Waals surface area (Å²) in [5, 5.41) is 10.9. The first-order valence-electron chi connectivity index (χ1n) is 5.37. The first kappa shape index (κ1) is 14.2. The normalized spacial score (nSPS) is 10.7. The Morgan fingerprint density at radius 2 is 2.06 bits per heavy atom. The minimum absolute atomic E-state index is 0.0972. The highest BCUT2D eigenvalue weighted by Gasteiger charge is 2.16. The molecule has 1 aromatic rings. The van der Waals surface area contributed by atoms with E-state index in [0.717, 1.165) is 5.56 Å². The van der Waals surface area contributed by atoms with Crippen molar-refractivity contribution in [3.05, 3.63) is 29.8 Å². The predicted octanol–water partition coefficient (Wildman–Crippen LogP) is 1.26. The highest BCUT2D eigenvalue weighted by atomic mass is 32.2. The first-order chi connectivity index (χ1) is 8.44. The van der Waals surface area contributed by atoms with E-state index in [9.17, 15) is 13.2 Å². The first-order valence-corrected chi connectivity index (χ1v) is 7.19. The van der Waals surface area contributed by atoms with Crippen molar-refractivity contribution in [2.75, 3.05) is 16.8 Å². The number of rotatable bonds is 5. The van der Waals surface area contributed by atoms with Crippen molar-refractivity contribution in [2.45, 2.75) is 13.3 Å². The Kier molecular flexibility index (Phi) is 4.86. The van der Waals surface area contributed by atoms with Gasteiger partial charge in [0.2, 0.25) is 5.91 Å². The summed E-state index contributed by atoms with van der Waals surface area (Å²) in [5.74, 6) is -1.46. The van der Waals surface area contributed by atoms with Gasteiger partial charge < -0.3 is 5.32 Å². The van der Waals surface area contributed by atoms with Crippen LogP contribution in [0.4, 0.5) is 5.69 Å². The summed E-state index contributed by atoms with van der Waals surface area (Å²) >= 11 is 0. The van der Waals surface area contributed by atoms with Crippen LogP contribution >= 0.6 is 0 Å². The topological polar surface area (TPSA) is 87.0 Å². The molecule has 1 N–H and O–H groups in total. The largest absolute Gasteiger partial charge is 0.325 e. The fraction of sp³-hybridized carbons (Fsp3) is 0.333. The van der Waals surface area contributed by atoms with E-state index in [4.69, 9.17) is 5.26 Å². The number of amides is 1. The molecule has 0 saturated heterocycles. The summed E-state index contributed by atoms with van der Waals surface area (Å²) in [7, 11) is -3.51. The van der Waals surface area contributed by atoms with Crippen molar-refractivity contribution >= 4 is 21.4 Å².